The Morgan fingerprint density at radius 3 is 2.93 bits per heavy atom. The first-order valence-electron chi connectivity index (χ1n) is 5.30. The Morgan fingerprint density at radius 2 is 2.33 bits per heavy atom. The van der Waals surface area contributed by atoms with Gasteiger partial charge in [-0.25, -0.2) is 0 Å². The van der Waals surface area contributed by atoms with E-state index in [1.54, 1.807) is 0 Å². The number of rotatable bonds is 2. The second-order valence-electron chi connectivity index (χ2n) is 4.25. The summed E-state index contributed by atoms with van der Waals surface area (Å²) in [4.78, 5) is 2.44. The summed E-state index contributed by atoms with van der Waals surface area (Å²) >= 11 is 9.48. The summed E-state index contributed by atoms with van der Waals surface area (Å²) in [5, 5.41) is 0. The van der Waals surface area contributed by atoms with E-state index in [0.29, 0.717) is 5.88 Å². The first-order valence-corrected chi connectivity index (χ1v) is 6.63. The Labute approximate surface area is 105 Å². The van der Waals surface area contributed by atoms with Crippen LogP contribution in [0, 0.1) is 5.92 Å². The zero-order chi connectivity index (χ0) is 10.8. The SMILES string of the molecule is CC1CCN(c2cc(Br)ccc2CCl)C1. The Hall–Kier alpha value is -0.210. The van der Waals surface area contributed by atoms with Crippen molar-refractivity contribution in [2.24, 2.45) is 5.92 Å². The molecule has 1 aromatic rings. The maximum absolute atomic E-state index is 5.96. The van der Waals surface area contributed by atoms with Crippen LogP contribution in [0.1, 0.15) is 18.9 Å². The molecule has 1 aromatic carbocycles. The lowest BCUT2D eigenvalue weighted by molar-refractivity contribution is 0.659. The van der Waals surface area contributed by atoms with E-state index in [9.17, 15) is 0 Å². The van der Waals surface area contributed by atoms with Crippen LogP contribution < -0.4 is 4.90 Å². The summed E-state index contributed by atoms with van der Waals surface area (Å²) in [5.74, 6) is 1.39. The third kappa shape index (κ3) is 2.48. The van der Waals surface area contributed by atoms with E-state index in [2.05, 4.69) is 46.0 Å². The van der Waals surface area contributed by atoms with Gasteiger partial charge in [0, 0.05) is 29.1 Å². The molecule has 0 spiro atoms. The van der Waals surface area contributed by atoms with Crippen molar-refractivity contribution < 1.29 is 0 Å². The van der Waals surface area contributed by atoms with E-state index < -0.39 is 0 Å². The number of nitrogens with zero attached hydrogens (tertiary/aromatic N) is 1. The van der Waals surface area contributed by atoms with E-state index in [4.69, 9.17) is 11.6 Å². The minimum atomic E-state index is 0.591. The fourth-order valence-electron chi connectivity index (χ4n) is 2.10. The summed E-state index contributed by atoms with van der Waals surface area (Å²) in [6, 6.07) is 6.34. The Bertz CT molecular complexity index is 353. The van der Waals surface area contributed by atoms with Gasteiger partial charge in [0.25, 0.3) is 0 Å². The molecule has 0 aromatic heterocycles. The molecule has 2 rings (SSSR count). The Morgan fingerprint density at radius 1 is 1.53 bits per heavy atom. The van der Waals surface area contributed by atoms with E-state index in [1.807, 2.05) is 0 Å². The standard InChI is InChI=1S/C12H15BrClN/c1-9-4-5-15(8-9)12-6-11(13)3-2-10(12)7-14/h2-3,6,9H,4-5,7-8H2,1H3. The van der Waals surface area contributed by atoms with Gasteiger partial charge in [0.1, 0.15) is 0 Å². The number of hydrogen-bond acceptors (Lipinski definition) is 1. The van der Waals surface area contributed by atoms with Gasteiger partial charge in [-0.15, -0.1) is 11.6 Å². The van der Waals surface area contributed by atoms with Gasteiger partial charge in [0.2, 0.25) is 0 Å². The topological polar surface area (TPSA) is 3.24 Å². The van der Waals surface area contributed by atoms with Crippen LogP contribution in [0.5, 0.6) is 0 Å². The van der Waals surface area contributed by atoms with E-state index in [-0.39, 0.29) is 0 Å². The van der Waals surface area contributed by atoms with Crippen molar-refractivity contribution in [3.8, 4) is 0 Å². The number of halogens is 2. The average Bonchev–Trinajstić information content (AvgIpc) is 2.65. The van der Waals surface area contributed by atoms with E-state index >= 15 is 0 Å². The normalized spacial score (nSPS) is 21.0. The molecule has 1 heterocycles. The molecule has 1 fully saturated rings. The van der Waals surface area contributed by atoms with Gasteiger partial charge in [-0.1, -0.05) is 28.9 Å². The molecule has 0 bridgehead atoms. The molecule has 1 aliphatic heterocycles. The lowest BCUT2D eigenvalue weighted by Gasteiger charge is -2.21. The minimum Gasteiger partial charge on any atom is -0.371 e. The van der Waals surface area contributed by atoms with Crippen molar-refractivity contribution in [3.63, 3.8) is 0 Å². The minimum absolute atomic E-state index is 0.591. The molecule has 1 aliphatic rings. The summed E-state index contributed by atoms with van der Waals surface area (Å²) in [7, 11) is 0. The molecule has 0 amide bonds. The second kappa shape index (κ2) is 4.75. The summed E-state index contributed by atoms with van der Waals surface area (Å²) < 4.78 is 1.13. The van der Waals surface area contributed by atoms with Gasteiger partial charge >= 0.3 is 0 Å². The van der Waals surface area contributed by atoms with Crippen LogP contribution in [0.2, 0.25) is 0 Å². The van der Waals surface area contributed by atoms with Crippen molar-refractivity contribution in [3.05, 3.63) is 28.2 Å². The van der Waals surface area contributed by atoms with Crippen molar-refractivity contribution in [1.82, 2.24) is 0 Å². The highest BCUT2D eigenvalue weighted by Gasteiger charge is 2.20. The van der Waals surface area contributed by atoms with Gasteiger partial charge in [-0.2, -0.15) is 0 Å². The predicted molar refractivity (Wildman–Crippen MR) is 69.7 cm³/mol. The summed E-state index contributed by atoms with van der Waals surface area (Å²) in [5.41, 5.74) is 2.53. The average molecular weight is 289 g/mol. The van der Waals surface area contributed by atoms with Crippen LogP contribution in [0.4, 0.5) is 5.69 Å². The first-order chi connectivity index (χ1) is 7.20. The fraction of sp³-hybridized carbons (Fsp3) is 0.500. The molecular formula is C12H15BrClN. The highest BCUT2D eigenvalue weighted by molar-refractivity contribution is 9.10. The van der Waals surface area contributed by atoms with Gasteiger partial charge in [0.05, 0.1) is 0 Å². The largest absolute Gasteiger partial charge is 0.371 e. The number of hydrogen-bond donors (Lipinski definition) is 0. The molecule has 1 nitrogen and oxygen atoms in total. The molecule has 0 radical (unpaired) electrons. The highest BCUT2D eigenvalue weighted by atomic mass is 79.9. The highest BCUT2D eigenvalue weighted by Crippen LogP contribution is 2.30. The fourth-order valence-corrected chi connectivity index (χ4v) is 2.67. The van der Waals surface area contributed by atoms with Crippen molar-refractivity contribution >= 4 is 33.2 Å². The second-order valence-corrected chi connectivity index (χ2v) is 5.43. The smallest absolute Gasteiger partial charge is 0.0494 e. The molecule has 0 N–H and O–H groups in total. The Kier molecular flexibility index (Phi) is 3.57. The van der Waals surface area contributed by atoms with Crippen molar-refractivity contribution in [2.45, 2.75) is 19.2 Å². The molecule has 3 heteroatoms. The van der Waals surface area contributed by atoms with Crippen LogP contribution in [0.3, 0.4) is 0 Å². The maximum Gasteiger partial charge on any atom is 0.0494 e. The van der Waals surface area contributed by atoms with E-state index in [1.165, 1.54) is 17.7 Å². The third-order valence-corrected chi connectivity index (χ3v) is 3.74. The quantitative estimate of drug-likeness (QED) is 0.743. The van der Waals surface area contributed by atoms with E-state index in [0.717, 1.165) is 23.5 Å². The van der Waals surface area contributed by atoms with Gasteiger partial charge in [-0.3, -0.25) is 0 Å². The number of anilines is 1. The lowest BCUT2D eigenvalue weighted by atomic mass is 10.1. The van der Waals surface area contributed by atoms with Crippen LogP contribution in [-0.4, -0.2) is 13.1 Å². The third-order valence-electron chi connectivity index (χ3n) is 2.96. The van der Waals surface area contributed by atoms with Crippen molar-refractivity contribution in [1.29, 1.82) is 0 Å². The molecule has 0 saturated carbocycles. The van der Waals surface area contributed by atoms with Gasteiger partial charge < -0.3 is 4.90 Å². The van der Waals surface area contributed by atoms with Crippen LogP contribution in [0.15, 0.2) is 22.7 Å². The monoisotopic (exact) mass is 287 g/mol. The van der Waals surface area contributed by atoms with Crippen LogP contribution in [0.25, 0.3) is 0 Å². The molecular weight excluding hydrogens is 273 g/mol. The zero-order valence-corrected chi connectivity index (χ0v) is 11.2. The molecule has 15 heavy (non-hydrogen) atoms. The predicted octanol–water partition coefficient (Wildman–Crippen LogP) is 4.03. The summed E-state index contributed by atoms with van der Waals surface area (Å²) in [6.07, 6.45) is 1.29. The maximum atomic E-state index is 5.96. The van der Waals surface area contributed by atoms with Gasteiger partial charge in [0.15, 0.2) is 0 Å². The number of benzene rings is 1. The summed E-state index contributed by atoms with van der Waals surface area (Å²) in [6.45, 7) is 4.61. The first kappa shape index (κ1) is 11.3. The number of alkyl halides is 1. The Balaban J connectivity index is 2.29. The molecule has 1 unspecified atom stereocenters. The van der Waals surface area contributed by atoms with Crippen LogP contribution in [-0.2, 0) is 5.88 Å². The molecule has 1 saturated heterocycles. The van der Waals surface area contributed by atoms with Crippen LogP contribution >= 0.6 is 27.5 Å². The van der Waals surface area contributed by atoms with Crippen molar-refractivity contribution in [2.75, 3.05) is 18.0 Å². The van der Waals surface area contributed by atoms with Gasteiger partial charge in [-0.05, 0) is 30.0 Å². The zero-order valence-electron chi connectivity index (χ0n) is 8.84. The molecule has 82 valence electrons. The molecule has 0 aliphatic carbocycles. The molecule has 1 atom stereocenters. The lowest BCUT2D eigenvalue weighted by Crippen LogP contribution is -2.20.